The summed E-state index contributed by atoms with van der Waals surface area (Å²) in [6.45, 7) is 5.71. The first-order valence-electron chi connectivity index (χ1n) is 9.01. The lowest BCUT2D eigenvalue weighted by atomic mass is 10.1. The topological polar surface area (TPSA) is 103 Å². The second-order valence-electron chi connectivity index (χ2n) is 6.13. The average Bonchev–Trinajstić information content (AvgIpc) is 3.38. The number of hydrogen-bond donors (Lipinski definition) is 0. The minimum absolute atomic E-state index is 0.0911. The minimum atomic E-state index is -3.69. The van der Waals surface area contributed by atoms with Crippen LogP contribution in [0.25, 0.3) is 10.7 Å². The Balaban J connectivity index is 1.75. The summed E-state index contributed by atoms with van der Waals surface area (Å²) in [5.74, 6) is -0.0873. The lowest BCUT2D eigenvalue weighted by molar-refractivity contribution is 0.0429. The average molecular weight is 436 g/mol. The number of aryl methyl sites for hydroxylation is 1. The molecular weight excluding hydrogens is 414 g/mol. The number of rotatable bonds is 8. The Morgan fingerprint density at radius 3 is 2.66 bits per heavy atom. The molecule has 1 aromatic carbocycles. The Hall–Kier alpha value is -2.56. The van der Waals surface area contributed by atoms with Gasteiger partial charge < -0.3 is 9.26 Å². The van der Waals surface area contributed by atoms with E-state index in [4.69, 9.17) is 9.26 Å². The summed E-state index contributed by atoms with van der Waals surface area (Å²) in [5.41, 5.74) is 0.699. The molecule has 3 aromatic rings. The molecular formula is C19H21N3O5S2. The number of sulfonamides is 1. The Bertz CT molecular complexity index is 1090. The summed E-state index contributed by atoms with van der Waals surface area (Å²) in [7, 11) is -3.69. The molecule has 0 aliphatic heterocycles. The van der Waals surface area contributed by atoms with Crippen LogP contribution in [-0.4, -0.2) is 41.9 Å². The van der Waals surface area contributed by atoms with Crippen LogP contribution in [0.15, 0.2) is 45.1 Å². The van der Waals surface area contributed by atoms with Gasteiger partial charge in [0, 0.05) is 13.1 Å². The van der Waals surface area contributed by atoms with Crippen molar-refractivity contribution in [3.05, 3.63) is 52.7 Å². The molecule has 0 amide bonds. The molecule has 29 heavy (non-hydrogen) atoms. The van der Waals surface area contributed by atoms with Gasteiger partial charge in [-0.15, -0.1) is 11.3 Å². The number of thiophene rings is 1. The highest BCUT2D eigenvalue weighted by Gasteiger charge is 2.25. The van der Waals surface area contributed by atoms with E-state index in [9.17, 15) is 13.2 Å². The molecule has 8 nitrogen and oxygen atoms in total. The number of esters is 1. The fourth-order valence-electron chi connectivity index (χ4n) is 2.74. The zero-order valence-electron chi connectivity index (χ0n) is 16.3. The molecule has 0 saturated carbocycles. The fourth-order valence-corrected chi connectivity index (χ4v) is 5.10. The van der Waals surface area contributed by atoms with Gasteiger partial charge in [-0.1, -0.05) is 31.1 Å². The third-order valence-electron chi connectivity index (χ3n) is 4.28. The molecule has 0 aliphatic carbocycles. The van der Waals surface area contributed by atoms with E-state index in [1.54, 1.807) is 26.8 Å². The Labute approximate surface area is 173 Å². The molecule has 0 bridgehead atoms. The van der Waals surface area contributed by atoms with Gasteiger partial charge in [0.2, 0.25) is 15.8 Å². The van der Waals surface area contributed by atoms with Gasteiger partial charge in [-0.2, -0.15) is 9.29 Å². The highest BCUT2D eigenvalue weighted by atomic mass is 32.2. The smallest absolute Gasteiger partial charge is 0.338 e. The molecule has 0 radical (unpaired) electrons. The zero-order valence-corrected chi connectivity index (χ0v) is 17.9. The molecule has 154 valence electrons. The minimum Gasteiger partial charge on any atom is -0.452 e. The molecule has 0 saturated heterocycles. The van der Waals surface area contributed by atoms with E-state index in [2.05, 4.69) is 10.1 Å². The second-order valence-corrected chi connectivity index (χ2v) is 8.99. The van der Waals surface area contributed by atoms with Gasteiger partial charge in [-0.25, -0.2) is 13.2 Å². The van der Waals surface area contributed by atoms with Crippen LogP contribution in [-0.2, 0) is 21.4 Å². The summed E-state index contributed by atoms with van der Waals surface area (Å²) in [6.07, 6.45) is 0. The molecule has 0 unspecified atom stereocenters. The van der Waals surface area contributed by atoms with Crippen LogP contribution >= 0.6 is 11.3 Å². The normalized spacial score (nSPS) is 11.7. The van der Waals surface area contributed by atoms with Crippen molar-refractivity contribution < 1.29 is 22.5 Å². The Kier molecular flexibility index (Phi) is 6.46. The lowest BCUT2D eigenvalue weighted by Crippen LogP contribution is -2.31. The van der Waals surface area contributed by atoms with Crippen LogP contribution in [0.4, 0.5) is 0 Å². The predicted octanol–water partition coefficient (Wildman–Crippen LogP) is 3.49. The third kappa shape index (κ3) is 4.55. The van der Waals surface area contributed by atoms with E-state index in [0.29, 0.717) is 24.5 Å². The van der Waals surface area contributed by atoms with Crippen LogP contribution in [0.1, 0.15) is 35.7 Å². The second kappa shape index (κ2) is 8.85. The van der Waals surface area contributed by atoms with Crippen molar-refractivity contribution in [3.63, 3.8) is 0 Å². The van der Waals surface area contributed by atoms with Gasteiger partial charge in [0.1, 0.15) is 0 Å². The van der Waals surface area contributed by atoms with Gasteiger partial charge in [0.25, 0.3) is 5.89 Å². The van der Waals surface area contributed by atoms with Gasteiger partial charge >= 0.3 is 5.97 Å². The molecule has 0 N–H and O–H groups in total. The van der Waals surface area contributed by atoms with Crippen LogP contribution in [0.3, 0.4) is 0 Å². The van der Waals surface area contributed by atoms with E-state index in [0.717, 1.165) is 4.88 Å². The van der Waals surface area contributed by atoms with Crippen LogP contribution < -0.4 is 0 Å². The van der Waals surface area contributed by atoms with E-state index in [1.165, 1.54) is 27.8 Å². The SMILES string of the molecule is CCN(CC)S(=O)(=O)c1cc(C(=O)OCc2nc(-c3cccs3)no2)ccc1C. The highest BCUT2D eigenvalue weighted by molar-refractivity contribution is 7.89. The number of nitrogens with zero attached hydrogens (tertiary/aromatic N) is 3. The van der Waals surface area contributed by atoms with Gasteiger partial charge in [-0.05, 0) is 36.1 Å². The zero-order chi connectivity index (χ0) is 21.0. The summed E-state index contributed by atoms with van der Waals surface area (Å²) < 4.78 is 37.3. The molecule has 10 heteroatoms. The van der Waals surface area contributed by atoms with Crippen LogP contribution in [0.5, 0.6) is 0 Å². The highest BCUT2D eigenvalue weighted by Crippen LogP contribution is 2.23. The van der Waals surface area contributed by atoms with Gasteiger partial charge in [0.15, 0.2) is 6.61 Å². The maximum atomic E-state index is 12.8. The number of carbonyl (C=O) groups is 1. The van der Waals surface area contributed by atoms with Crippen molar-refractivity contribution >= 4 is 27.3 Å². The van der Waals surface area contributed by atoms with Crippen molar-refractivity contribution in [1.82, 2.24) is 14.4 Å². The molecule has 3 rings (SSSR count). The Morgan fingerprint density at radius 1 is 1.24 bits per heavy atom. The molecule has 0 fully saturated rings. The van der Waals surface area contributed by atoms with Gasteiger partial charge in [0.05, 0.1) is 15.3 Å². The summed E-state index contributed by atoms with van der Waals surface area (Å²) in [4.78, 5) is 17.6. The molecule has 0 spiro atoms. The number of hydrogen-bond acceptors (Lipinski definition) is 8. The summed E-state index contributed by atoms with van der Waals surface area (Å²) >= 11 is 1.47. The first-order chi connectivity index (χ1) is 13.9. The van der Waals surface area contributed by atoms with Crippen molar-refractivity contribution in [3.8, 4) is 10.7 Å². The van der Waals surface area contributed by atoms with Crippen LogP contribution in [0, 0.1) is 6.92 Å². The van der Waals surface area contributed by atoms with Crippen molar-refractivity contribution in [2.45, 2.75) is 32.3 Å². The van der Waals surface area contributed by atoms with Crippen molar-refractivity contribution in [2.75, 3.05) is 13.1 Å². The van der Waals surface area contributed by atoms with E-state index in [-0.39, 0.29) is 23.0 Å². The maximum Gasteiger partial charge on any atom is 0.338 e. The molecule has 0 aliphatic rings. The molecule has 0 atom stereocenters. The van der Waals surface area contributed by atoms with Crippen molar-refractivity contribution in [2.24, 2.45) is 0 Å². The third-order valence-corrected chi connectivity index (χ3v) is 7.34. The predicted molar refractivity (Wildman–Crippen MR) is 108 cm³/mol. The largest absolute Gasteiger partial charge is 0.452 e. The standard InChI is InChI=1S/C19H21N3O5S2/c1-4-22(5-2)29(24,25)16-11-14(9-8-13(16)3)19(23)26-12-17-20-18(21-27-17)15-7-6-10-28-15/h6-11H,4-5,12H2,1-3H3. The van der Waals surface area contributed by atoms with Crippen LogP contribution in [0.2, 0.25) is 0 Å². The van der Waals surface area contributed by atoms with E-state index < -0.39 is 16.0 Å². The number of carbonyl (C=O) groups excluding carboxylic acids is 1. The number of ether oxygens (including phenoxy) is 1. The number of benzene rings is 1. The summed E-state index contributed by atoms with van der Waals surface area (Å²) in [5, 5.41) is 5.75. The van der Waals surface area contributed by atoms with E-state index in [1.807, 2.05) is 17.5 Å². The fraction of sp³-hybridized carbons (Fsp3) is 0.316. The lowest BCUT2D eigenvalue weighted by Gasteiger charge is -2.20. The molecule has 2 aromatic heterocycles. The first kappa shape index (κ1) is 21.2. The van der Waals surface area contributed by atoms with E-state index >= 15 is 0 Å². The monoisotopic (exact) mass is 435 g/mol. The maximum absolute atomic E-state index is 12.8. The number of aromatic nitrogens is 2. The first-order valence-corrected chi connectivity index (χ1v) is 11.3. The summed E-state index contributed by atoms with van der Waals surface area (Å²) in [6, 6.07) is 8.20. The molecule has 2 heterocycles. The Morgan fingerprint density at radius 2 is 2.00 bits per heavy atom. The van der Waals surface area contributed by atoms with Gasteiger partial charge in [-0.3, -0.25) is 0 Å². The van der Waals surface area contributed by atoms with Crippen molar-refractivity contribution in [1.29, 1.82) is 0 Å². The quantitative estimate of drug-likeness (QED) is 0.499.